The van der Waals surface area contributed by atoms with Crippen molar-refractivity contribution >= 4 is 15.7 Å². The van der Waals surface area contributed by atoms with E-state index in [-0.39, 0.29) is 23.3 Å². The molecule has 0 saturated carbocycles. The minimum absolute atomic E-state index is 0.0560. The molecule has 2 rings (SSSR count). The topological polar surface area (TPSA) is 84.5 Å². The van der Waals surface area contributed by atoms with Crippen molar-refractivity contribution in [3.8, 4) is 0 Å². The minimum atomic E-state index is -2.86. The molecule has 2 N–H and O–H groups in total. The van der Waals surface area contributed by atoms with Gasteiger partial charge in [0.15, 0.2) is 9.84 Å². The molecule has 2 aliphatic heterocycles. The lowest BCUT2D eigenvalue weighted by atomic mass is 10.1. The van der Waals surface area contributed by atoms with Gasteiger partial charge in [-0.1, -0.05) is 0 Å². The molecule has 17 heavy (non-hydrogen) atoms. The molecule has 1 amide bonds. The van der Waals surface area contributed by atoms with Crippen LogP contribution in [-0.4, -0.2) is 58.2 Å². The summed E-state index contributed by atoms with van der Waals surface area (Å²) in [7, 11) is -2.86. The number of carbonyl (C=O) groups excluding carboxylic acids is 1. The maximum Gasteiger partial charge on any atom is 0.250 e. The van der Waals surface area contributed by atoms with Crippen molar-refractivity contribution < 1.29 is 17.9 Å². The highest BCUT2D eigenvalue weighted by Gasteiger charge is 2.29. The summed E-state index contributed by atoms with van der Waals surface area (Å²) in [6, 6.07) is 0. The third-order valence-electron chi connectivity index (χ3n) is 3.11. The smallest absolute Gasteiger partial charge is 0.250 e. The number of hydrogen-bond donors (Lipinski definition) is 2. The van der Waals surface area contributed by atoms with E-state index in [0.717, 1.165) is 6.54 Å². The first-order valence-corrected chi connectivity index (χ1v) is 7.69. The van der Waals surface area contributed by atoms with E-state index in [4.69, 9.17) is 4.74 Å². The maximum absolute atomic E-state index is 11.7. The Labute approximate surface area is 101 Å². The number of rotatable bonds is 3. The van der Waals surface area contributed by atoms with E-state index >= 15 is 0 Å². The number of morpholine rings is 1. The van der Waals surface area contributed by atoms with Crippen LogP contribution < -0.4 is 10.6 Å². The Morgan fingerprint density at radius 1 is 1.47 bits per heavy atom. The van der Waals surface area contributed by atoms with Gasteiger partial charge < -0.3 is 15.4 Å². The van der Waals surface area contributed by atoms with Gasteiger partial charge in [-0.25, -0.2) is 8.42 Å². The van der Waals surface area contributed by atoms with Crippen LogP contribution in [0, 0.1) is 5.92 Å². The van der Waals surface area contributed by atoms with Crippen molar-refractivity contribution in [3.63, 3.8) is 0 Å². The van der Waals surface area contributed by atoms with Crippen LogP contribution in [0.3, 0.4) is 0 Å². The van der Waals surface area contributed by atoms with E-state index < -0.39 is 15.9 Å². The summed E-state index contributed by atoms with van der Waals surface area (Å²) in [5.41, 5.74) is 0. The summed E-state index contributed by atoms with van der Waals surface area (Å²) < 4.78 is 27.8. The van der Waals surface area contributed by atoms with E-state index in [9.17, 15) is 13.2 Å². The van der Waals surface area contributed by atoms with Crippen molar-refractivity contribution in [1.29, 1.82) is 0 Å². The lowest BCUT2D eigenvalue weighted by Gasteiger charge is -2.23. The number of hydrogen-bond acceptors (Lipinski definition) is 5. The van der Waals surface area contributed by atoms with E-state index in [2.05, 4.69) is 10.6 Å². The average Bonchev–Trinajstić information content (AvgIpc) is 2.67. The second-order valence-electron chi connectivity index (χ2n) is 4.58. The second kappa shape index (κ2) is 5.32. The van der Waals surface area contributed by atoms with Gasteiger partial charge in [0.2, 0.25) is 5.91 Å². The van der Waals surface area contributed by atoms with E-state index in [1.54, 1.807) is 0 Å². The maximum atomic E-state index is 11.7. The summed E-state index contributed by atoms with van der Waals surface area (Å²) in [5.74, 6) is 0.341. The van der Waals surface area contributed by atoms with Gasteiger partial charge in [-0.05, 0) is 12.3 Å². The Hall–Kier alpha value is -0.660. The lowest BCUT2D eigenvalue weighted by molar-refractivity contribution is -0.134. The fourth-order valence-electron chi connectivity index (χ4n) is 2.13. The largest absolute Gasteiger partial charge is 0.366 e. The quantitative estimate of drug-likeness (QED) is 0.648. The van der Waals surface area contributed by atoms with Crippen LogP contribution in [0.25, 0.3) is 0 Å². The molecule has 7 heteroatoms. The van der Waals surface area contributed by atoms with Crippen LogP contribution >= 0.6 is 0 Å². The summed E-state index contributed by atoms with van der Waals surface area (Å²) in [5, 5.41) is 5.84. The third-order valence-corrected chi connectivity index (χ3v) is 4.95. The number of carbonyl (C=O) groups is 1. The summed E-state index contributed by atoms with van der Waals surface area (Å²) in [6.07, 6.45) is 0.202. The number of amides is 1. The second-order valence-corrected chi connectivity index (χ2v) is 6.81. The highest BCUT2D eigenvalue weighted by atomic mass is 32.2. The fourth-order valence-corrected chi connectivity index (χ4v) is 3.99. The Balaban J connectivity index is 1.73. The van der Waals surface area contributed by atoms with Gasteiger partial charge in [0.1, 0.15) is 6.10 Å². The predicted octanol–water partition coefficient (Wildman–Crippen LogP) is -1.47. The first-order chi connectivity index (χ1) is 8.07. The van der Waals surface area contributed by atoms with Crippen molar-refractivity contribution in [1.82, 2.24) is 10.6 Å². The van der Waals surface area contributed by atoms with Gasteiger partial charge in [-0.15, -0.1) is 0 Å². The Bertz CT molecular complexity index is 376. The predicted molar refractivity (Wildman–Crippen MR) is 62.4 cm³/mol. The first-order valence-electron chi connectivity index (χ1n) is 5.87. The SMILES string of the molecule is O=C(NCC1CCS(=O)(=O)C1)C1CNCCO1. The van der Waals surface area contributed by atoms with E-state index in [0.29, 0.717) is 26.1 Å². The summed E-state index contributed by atoms with van der Waals surface area (Å²) in [6.45, 7) is 2.26. The third kappa shape index (κ3) is 3.65. The summed E-state index contributed by atoms with van der Waals surface area (Å²) >= 11 is 0. The molecule has 2 fully saturated rings. The molecule has 2 aliphatic rings. The normalized spacial score (nSPS) is 32.2. The van der Waals surface area contributed by atoms with Crippen molar-refractivity contribution in [2.75, 3.05) is 37.7 Å². The fraction of sp³-hybridized carbons (Fsp3) is 0.900. The molecule has 0 aliphatic carbocycles. The van der Waals surface area contributed by atoms with Gasteiger partial charge in [0, 0.05) is 19.6 Å². The highest BCUT2D eigenvalue weighted by molar-refractivity contribution is 7.91. The van der Waals surface area contributed by atoms with Gasteiger partial charge in [-0.3, -0.25) is 4.79 Å². The van der Waals surface area contributed by atoms with Crippen LogP contribution in [0.5, 0.6) is 0 Å². The zero-order valence-electron chi connectivity index (χ0n) is 9.65. The summed E-state index contributed by atoms with van der Waals surface area (Å²) in [4.78, 5) is 11.7. The number of nitrogens with one attached hydrogen (secondary N) is 2. The molecule has 2 saturated heterocycles. The van der Waals surface area contributed by atoms with Gasteiger partial charge >= 0.3 is 0 Å². The Morgan fingerprint density at radius 2 is 2.29 bits per heavy atom. The Morgan fingerprint density at radius 3 is 2.88 bits per heavy atom. The standard InChI is InChI=1S/C10H18N2O4S/c13-10(9-6-11-2-3-16-9)12-5-8-1-4-17(14,15)7-8/h8-9,11H,1-7H2,(H,12,13). The van der Waals surface area contributed by atoms with Crippen LogP contribution in [-0.2, 0) is 19.4 Å². The zero-order valence-corrected chi connectivity index (χ0v) is 10.5. The molecule has 0 bridgehead atoms. The zero-order chi connectivity index (χ0) is 12.3. The molecule has 0 aromatic carbocycles. The molecule has 0 radical (unpaired) electrons. The van der Waals surface area contributed by atoms with E-state index in [1.165, 1.54) is 0 Å². The molecule has 2 unspecified atom stereocenters. The van der Waals surface area contributed by atoms with Gasteiger partial charge in [-0.2, -0.15) is 0 Å². The van der Waals surface area contributed by atoms with Crippen molar-refractivity contribution in [2.45, 2.75) is 12.5 Å². The first kappa shape index (κ1) is 12.8. The molecule has 0 spiro atoms. The molecule has 2 atom stereocenters. The van der Waals surface area contributed by atoms with Crippen LogP contribution in [0.2, 0.25) is 0 Å². The monoisotopic (exact) mass is 262 g/mol. The van der Waals surface area contributed by atoms with Gasteiger partial charge in [0.05, 0.1) is 18.1 Å². The molecule has 98 valence electrons. The van der Waals surface area contributed by atoms with Crippen LogP contribution in [0.15, 0.2) is 0 Å². The molecule has 6 nitrogen and oxygen atoms in total. The van der Waals surface area contributed by atoms with Crippen LogP contribution in [0.4, 0.5) is 0 Å². The molecular weight excluding hydrogens is 244 g/mol. The number of ether oxygens (including phenoxy) is 1. The Kier molecular flexibility index (Phi) is 4.01. The van der Waals surface area contributed by atoms with Gasteiger partial charge in [0.25, 0.3) is 0 Å². The van der Waals surface area contributed by atoms with E-state index in [1.807, 2.05) is 0 Å². The lowest BCUT2D eigenvalue weighted by Crippen LogP contribution is -2.48. The minimum Gasteiger partial charge on any atom is -0.366 e. The highest BCUT2D eigenvalue weighted by Crippen LogP contribution is 2.17. The number of sulfone groups is 1. The molecule has 0 aromatic heterocycles. The van der Waals surface area contributed by atoms with Crippen LogP contribution in [0.1, 0.15) is 6.42 Å². The van der Waals surface area contributed by atoms with Crippen molar-refractivity contribution in [3.05, 3.63) is 0 Å². The van der Waals surface area contributed by atoms with Crippen molar-refractivity contribution in [2.24, 2.45) is 5.92 Å². The molecule has 0 aromatic rings. The molecule has 2 heterocycles. The molecular formula is C10H18N2O4S. The average molecular weight is 262 g/mol.